The highest BCUT2D eigenvalue weighted by Gasteiger charge is 2.73. The van der Waals surface area contributed by atoms with Crippen molar-refractivity contribution in [1.82, 2.24) is 9.80 Å². The van der Waals surface area contributed by atoms with Gasteiger partial charge < -0.3 is 62.6 Å². The van der Waals surface area contributed by atoms with Crippen LogP contribution in [0.2, 0.25) is 0 Å². The van der Waals surface area contributed by atoms with E-state index < -0.39 is 12.1 Å². The van der Waals surface area contributed by atoms with Crippen LogP contribution in [0.1, 0.15) is 117 Å². The third kappa shape index (κ3) is 16.3. The number of hydrogen-bond acceptors (Lipinski definition) is 14. The summed E-state index contributed by atoms with van der Waals surface area (Å²) in [7, 11) is 11.5. The monoisotopic (exact) mass is 1020 g/mol. The number of carboxylic acid groups (broad SMARTS) is 1. The van der Waals surface area contributed by atoms with Crippen LogP contribution in [0, 0.1) is 23.7 Å². The predicted molar refractivity (Wildman–Crippen MR) is 280 cm³/mol. The fourth-order valence-corrected chi connectivity index (χ4v) is 11.4. The normalized spacial score (nSPS) is 32.7. The van der Waals surface area contributed by atoms with Crippen molar-refractivity contribution in [2.75, 3.05) is 81.9 Å². The molecule has 15 nitrogen and oxygen atoms in total. The zero-order chi connectivity index (χ0) is 53.1. The quantitative estimate of drug-likeness (QED) is 0.0721. The summed E-state index contributed by atoms with van der Waals surface area (Å²) in [6, 6.07) is 15.5. The third-order valence-electron chi connectivity index (χ3n) is 16.0. The predicted octanol–water partition coefficient (Wildman–Crippen LogP) is 8.04. The van der Waals surface area contributed by atoms with Gasteiger partial charge in [-0.2, -0.15) is 0 Å². The molecule has 6 fully saturated rings. The Morgan fingerprint density at radius 3 is 1.49 bits per heavy atom. The number of carbonyl (C=O) groups is 2. The molecule has 73 heavy (non-hydrogen) atoms. The lowest BCUT2D eigenvalue weighted by atomic mass is 9.68. The lowest BCUT2D eigenvalue weighted by Crippen LogP contribution is -2.55. The highest BCUT2D eigenvalue weighted by Crippen LogP contribution is 2.61. The molecule has 8 rings (SSSR count). The van der Waals surface area contributed by atoms with Gasteiger partial charge in [0.05, 0.1) is 55.1 Å². The van der Waals surface area contributed by atoms with Crippen LogP contribution in [0.5, 0.6) is 11.5 Å². The molecule has 2 aliphatic carbocycles. The number of epoxide rings is 4. The molecule has 2 N–H and O–H groups in total. The summed E-state index contributed by atoms with van der Waals surface area (Å²) in [6.45, 7) is 17.9. The van der Waals surface area contributed by atoms with Crippen LogP contribution in [-0.4, -0.2) is 173 Å². The number of rotatable bonds is 25. The molecule has 412 valence electrons. The molecule has 12 atom stereocenters. The number of aliphatic carboxylic acids is 1. The minimum atomic E-state index is -0.767. The smallest absolute Gasteiger partial charge is 0.306 e. The van der Waals surface area contributed by atoms with Gasteiger partial charge in [-0.1, -0.05) is 52.0 Å². The fourth-order valence-electron chi connectivity index (χ4n) is 11.4. The molecule has 15 heteroatoms. The molecule has 0 radical (unpaired) electrons. The minimum Gasteiger partial charge on any atom is -0.492 e. The molecule has 4 heterocycles. The Morgan fingerprint density at radius 2 is 1.10 bits per heavy atom. The Hall–Kier alpha value is -3.38. The van der Waals surface area contributed by atoms with Gasteiger partial charge in [-0.3, -0.25) is 9.59 Å². The van der Waals surface area contributed by atoms with E-state index in [-0.39, 0.29) is 71.0 Å². The van der Waals surface area contributed by atoms with Crippen molar-refractivity contribution in [3.63, 3.8) is 0 Å². The van der Waals surface area contributed by atoms with Gasteiger partial charge in [0.25, 0.3) is 0 Å². The number of ether oxygens (including phenoxy) is 9. The molecular formula is C58H92N2O13. The van der Waals surface area contributed by atoms with Crippen LogP contribution in [0.15, 0.2) is 48.5 Å². The summed E-state index contributed by atoms with van der Waals surface area (Å²) in [5.74, 6) is 2.29. The topological polar surface area (TPSA) is 177 Å². The molecular weight excluding hydrogens is 933 g/mol. The summed E-state index contributed by atoms with van der Waals surface area (Å²) >= 11 is 0. The highest BCUT2D eigenvalue weighted by molar-refractivity contribution is 5.70. The number of carbonyl (C=O) groups excluding carboxylic acids is 1. The number of esters is 1. The Bertz CT molecular complexity index is 2010. The average Bonchev–Trinajstić information content (AvgIpc) is 4.23. The molecule has 0 bridgehead atoms. The second-order valence-electron chi connectivity index (χ2n) is 23.2. The highest BCUT2D eigenvalue weighted by atomic mass is 16.6. The number of aliphatic hydroxyl groups is 1. The number of nitrogens with zero attached hydrogens (tertiary/aromatic N) is 2. The van der Waals surface area contributed by atoms with Crippen LogP contribution < -0.4 is 9.47 Å². The van der Waals surface area contributed by atoms with E-state index in [0.717, 1.165) is 93.9 Å². The Morgan fingerprint density at radius 1 is 0.671 bits per heavy atom. The van der Waals surface area contributed by atoms with Gasteiger partial charge in [0, 0.05) is 40.2 Å². The van der Waals surface area contributed by atoms with E-state index in [0.29, 0.717) is 50.4 Å². The van der Waals surface area contributed by atoms with E-state index >= 15 is 0 Å². The van der Waals surface area contributed by atoms with Gasteiger partial charge in [0.15, 0.2) is 0 Å². The molecule has 4 saturated heterocycles. The van der Waals surface area contributed by atoms with Crippen molar-refractivity contribution < 1.29 is 62.4 Å². The number of methoxy groups -OCH3 is 2. The lowest BCUT2D eigenvalue weighted by molar-refractivity contribution is -0.171. The maximum absolute atomic E-state index is 12.8. The summed E-state index contributed by atoms with van der Waals surface area (Å²) in [5, 5.41) is 18.8. The number of hydrogen-bond donors (Lipinski definition) is 2. The SMILES string of the molecule is CN(C)CCOc1ccc(CCC(=O)O)cc1.CO[C@@H]1C(O)CC[C@]2(CO2)[C@H]1[C@@]1(C)O[C@@H]1CCC(C)C.CO[C@@H]1C(OC(=O)CCc2ccc(OCCN(C)C)cc2)CC[C@]2(CO2)[C@H]1[C@@]1(C)O[C@@H]1CCC(C)C. The van der Waals surface area contributed by atoms with Crippen molar-refractivity contribution in [3.8, 4) is 11.5 Å². The summed E-state index contributed by atoms with van der Waals surface area (Å²) < 4.78 is 53.1. The maximum atomic E-state index is 12.8. The molecule has 6 aliphatic rings. The van der Waals surface area contributed by atoms with Crippen LogP contribution >= 0.6 is 0 Å². The van der Waals surface area contributed by atoms with Gasteiger partial charge in [-0.05, 0) is 153 Å². The second kappa shape index (κ2) is 26.1. The molecule has 0 aromatic heterocycles. The second-order valence-corrected chi connectivity index (χ2v) is 23.2. The Balaban J connectivity index is 0.000000198. The fraction of sp³-hybridized carbons (Fsp3) is 0.759. The lowest BCUT2D eigenvalue weighted by Gasteiger charge is -2.42. The van der Waals surface area contributed by atoms with Crippen molar-refractivity contribution in [2.24, 2.45) is 23.7 Å². The largest absolute Gasteiger partial charge is 0.492 e. The molecule has 4 aliphatic heterocycles. The molecule has 2 aromatic carbocycles. The van der Waals surface area contributed by atoms with Crippen molar-refractivity contribution >= 4 is 11.9 Å². The number of benzene rings is 2. The van der Waals surface area contributed by atoms with Crippen LogP contribution in [0.3, 0.4) is 0 Å². The number of likely N-dealkylation sites (N-methyl/N-ethyl adjacent to an activating group) is 2. The van der Waals surface area contributed by atoms with Crippen LogP contribution in [0.4, 0.5) is 0 Å². The van der Waals surface area contributed by atoms with Crippen molar-refractivity contribution in [1.29, 1.82) is 0 Å². The van der Waals surface area contributed by atoms with Gasteiger partial charge in [0.1, 0.15) is 53.7 Å². The zero-order valence-electron chi connectivity index (χ0n) is 46.4. The summed E-state index contributed by atoms with van der Waals surface area (Å²) in [4.78, 5) is 27.4. The molecule has 2 unspecified atom stereocenters. The number of aryl methyl sites for hydroxylation is 2. The summed E-state index contributed by atoms with van der Waals surface area (Å²) in [6.07, 6.45) is 8.92. The number of aliphatic hydroxyl groups excluding tert-OH is 1. The van der Waals surface area contributed by atoms with E-state index in [1.807, 2.05) is 76.7 Å². The van der Waals surface area contributed by atoms with Gasteiger partial charge >= 0.3 is 11.9 Å². The third-order valence-corrected chi connectivity index (χ3v) is 16.0. The first-order valence-corrected chi connectivity index (χ1v) is 27.2. The molecule has 0 amide bonds. The van der Waals surface area contributed by atoms with E-state index in [4.69, 9.17) is 47.7 Å². The first kappa shape index (κ1) is 58.9. The van der Waals surface area contributed by atoms with Gasteiger partial charge in [-0.15, -0.1) is 0 Å². The summed E-state index contributed by atoms with van der Waals surface area (Å²) in [5.41, 5.74) is 1.35. The van der Waals surface area contributed by atoms with E-state index in [1.165, 1.54) is 6.42 Å². The van der Waals surface area contributed by atoms with E-state index in [9.17, 15) is 14.7 Å². The van der Waals surface area contributed by atoms with Crippen LogP contribution in [-0.2, 0) is 55.6 Å². The van der Waals surface area contributed by atoms with Crippen LogP contribution in [0.25, 0.3) is 0 Å². The first-order chi connectivity index (χ1) is 34.7. The molecule has 2 saturated carbocycles. The Labute approximate surface area is 437 Å². The minimum absolute atomic E-state index is 0.0683. The van der Waals surface area contributed by atoms with E-state index in [2.05, 4.69) is 51.3 Å². The molecule has 2 aromatic rings. The maximum Gasteiger partial charge on any atom is 0.306 e. The zero-order valence-corrected chi connectivity index (χ0v) is 46.4. The first-order valence-electron chi connectivity index (χ1n) is 27.2. The molecule has 2 spiro atoms. The average molecular weight is 1030 g/mol. The Kier molecular flexibility index (Phi) is 21.1. The number of carboxylic acids is 1. The van der Waals surface area contributed by atoms with E-state index in [1.54, 1.807) is 14.2 Å². The van der Waals surface area contributed by atoms with Gasteiger partial charge in [-0.25, -0.2) is 0 Å². The standard InChI is InChI=1S/C29H45NO6.C16H28O4.C13H19NO3/c1-20(2)7-13-24-28(3,36-24)27-26(32-6)23(15-16-29(27)19-34-29)35-25(31)14-10-21-8-11-22(12-9-21)33-18-17-30(4)5;1-10(2)5-6-12-15(3,20-12)14-13(18-4)11(17)7-8-16(14)9-19-16;1-14(2)9-10-17-12-6-3-11(4-7-12)5-8-13(15)16/h8-9,11-12,20,23-24,26-27H,7,10,13-19H2,1-6H3;10-14,17H,5-9H2,1-4H3;3-4,6-7H,5,8-10H2,1-2H3,(H,15,16)/t23?,24-,26-,27-,28+,29+;11?,12-,13-,14-,15+,16+;/m11./s1. The van der Waals surface area contributed by atoms with Crippen molar-refractivity contribution in [3.05, 3.63) is 59.7 Å². The van der Waals surface area contributed by atoms with Gasteiger partial charge in [0.2, 0.25) is 0 Å². The van der Waals surface area contributed by atoms with Crippen molar-refractivity contribution in [2.45, 2.75) is 178 Å².